The summed E-state index contributed by atoms with van der Waals surface area (Å²) in [6.07, 6.45) is 4.56. The molecule has 14 heavy (non-hydrogen) atoms. The molecule has 0 aromatic heterocycles. The van der Waals surface area contributed by atoms with Crippen molar-refractivity contribution in [3.05, 3.63) is 11.6 Å². The fourth-order valence-electron chi connectivity index (χ4n) is 2.12. The zero-order valence-electron chi connectivity index (χ0n) is 8.88. The second-order valence-corrected chi connectivity index (χ2v) is 4.60. The first-order valence-electron chi connectivity index (χ1n) is 5.22. The maximum atomic E-state index is 9.82. The topological polar surface area (TPSA) is 38.7 Å². The van der Waals surface area contributed by atoms with Gasteiger partial charge in [0.15, 0.2) is 5.79 Å². The van der Waals surface area contributed by atoms with E-state index in [1.807, 2.05) is 13.8 Å². The Bertz CT molecular complexity index is 244. The zero-order chi connectivity index (χ0) is 10.2. The van der Waals surface area contributed by atoms with Crippen molar-refractivity contribution in [1.29, 1.82) is 0 Å². The van der Waals surface area contributed by atoms with Crippen LogP contribution in [0, 0.1) is 0 Å². The molecular formula is C11H18O3. The van der Waals surface area contributed by atoms with Crippen LogP contribution in [-0.4, -0.2) is 29.7 Å². The van der Waals surface area contributed by atoms with E-state index in [9.17, 15) is 5.11 Å². The molecule has 1 aliphatic heterocycles. The summed E-state index contributed by atoms with van der Waals surface area (Å²) >= 11 is 0. The van der Waals surface area contributed by atoms with Gasteiger partial charge in [0, 0.05) is 12.8 Å². The molecule has 0 amide bonds. The molecule has 1 heterocycles. The Kier molecular flexibility index (Phi) is 2.41. The van der Waals surface area contributed by atoms with Crippen molar-refractivity contribution < 1.29 is 14.6 Å². The number of aliphatic hydroxyl groups is 1. The van der Waals surface area contributed by atoms with Gasteiger partial charge >= 0.3 is 0 Å². The molecule has 1 fully saturated rings. The lowest BCUT2D eigenvalue weighted by molar-refractivity contribution is -0.162. The number of ether oxygens (including phenoxy) is 2. The third-order valence-electron chi connectivity index (χ3n) is 3.03. The lowest BCUT2D eigenvalue weighted by atomic mass is 9.85. The lowest BCUT2D eigenvalue weighted by Crippen LogP contribution is -2.35. The van der Waals surface area contributed by atoms with Gasteiger partial charge < -0.3 is 14.6 Å². The van der Waals surface area contributed by atoms with Gasteiger partial charge in [0.05, 0.1) is 18.8 Å². The summed E-state index contributed by atoms with van der Waals surface area (Å²) in [5.74, 6) is -0.366. The fraction of sp³-hybridized carbons (Fsp3) is 0.818. The van der Waals surface area contributed by atoms with Gasteiger partial charge in [-0.05, 0) is 25.8 Å². The Morgan fingerprint density at radius 3 is 2.43 bits per heavy atom. The highest BCUT2D eigenvalue weighted by molar-refractivity contribution is 5.18. The van der Waals surface area contributed by atoms with E-state index in [1.54, 1.807) is 0 Å². The molecule has 0 saturated carbocycles. The lowest BCUT2D eigenvalue weighted by Gasteiger charge is -2.34. The molecule has 0 unspecified atom stereocenters. The first kappa shape index (κ1) is 10.1. The number of rotatable bonds is 1. The van der Waals surface area contributed by atoms with E-state index < -0.39 is 5.60 Å². The summed E-state index contributed by atoms with van der Waals surface area (Å²) in [4.78, 5) is 0. The Balaban J connectivity index is 2.06. The Morgan fingerprint density at radius 1 is 1.36 bits per heavy atom. The quantitative estimate of drug-likeness (QED) is 0.650. The van der Waals surface area contributed by atoms with Gasteiger partial charge in [0.25, 0.3) is 0 Å². The van der Waals surface area contributed by atoms with E-state index in [0.717, 1.165) is 24.8 Å². The number of hydrogen-bond acceptors (Lipinski definition) is 3. The molecule has 1 spiro atoms. The van der Waals surface area contributed by atoms with Gasteiger partial charge in [0.2, 0.25) is 0 Å². The molecule has 0 atom stereocenters. The van der Waals surface area contributed by atoms with Crippen LogP contribution in [0.2, 0.25) is 0 Å². The van der Waals surface area contributed by atoms with Gasteiger partial charge in [-0.3, -0.25) is 0 Å². The van der Waals surface area contributed by atoms with Crippen LogP contribution in [0.25, 0.3) is 0 Å². The van der Waals surface area contributed by atoms with Crippen LogP contribution in [0.3, 0.4) is 0 Å². The van der Waals surface area contributed by atoms with E-state index in [4.69, 9.17) is 9.47 Å². The molecule has 1 aliphatic carbocycles. The molecule has 0 aromatic rings. The van der Waals surface area contributed by atoms with Crippen LogP contribution in [0.5, 0.6) is 0 Å². The second kappa shape index (κ2) is 3.33. The van der Waals surface area contributed by atoms with Crippen LogP contribution < -0.4 is 0 Å². The smallest absolute Gasteiger partial charge is 0.172 e. The first-order valence-corrected chi connectivity index (χ1v) is 5.22. The van der Waals surface area contributed by atoms with Crippen molar-refractivity contribution in [3.8, 4) is 0 Å². The minimum absolute atomic E-state index is 0.366. The number of hydrogen-bond donors (Lipinski definition) is 1. The van der Waals surface area contributed by atoms with Crippen LogP contribution in [-0.2, 0) is 9.47 Å². The van der Waals surface area contributed by atoms with Crippen molar-refractivity contribution in [1.82, 2.24) is 0 Å². The van der Waals surface area contributed by atoms with Crippen molar-refractivity contribution in [2.45, 2.75) is 44.5 Å². The summed E-state index contributed by atoms with van der Waals surface area (Å²) in [6, 6.07) is 0. The van der Waals surface area contributed by atoms with E-state index in [1.165, 1.54) is 0 Å². The summed E-state index contributed by atoms with van der Waals surface area (Å²) in [6.45, 7) is 5.05. The van der Waals surface area contributed by atoms with Crippen molar-refractivity contribution in [2.24, 2.45) is 0 Å². The van der Waals surface area contributed by atoms with Crippen LogP contribution in [0.15, 0.2) is 11.6 Å². The summed E-state index contributed by atoms with van der Waals surface area (Å²) < 4.78 is 11.2. The molecule has 1 N–H and O–H groups in total. The van der Waals surface area contributed by atoms with Gasteiger partial charge in [-0.2, -0.15) is 0 Å². The zero-order valence-corrected chi connectivity index (χ0v) is 8.88. The van der Waals surface area contributed by atoms with Gasteiger partial charge in [-0.1, -0.05) is 6.08 Å². The molecule has 2 rings (SSSR count). The molecule has 2 aliphatic rings. The molecule has 0 aromatic carbocycles. The van der Waals surface area contributed by atoms with E-state index in [2.05, 4.69) is 6.08 Å². The summed E-state index contributed by atoms with van der Waals surface area (Å²) in [5, 5.41) is 9.82. The van der Waals surface area contributed by atoms with E-state index >= 15 is 0 Å². The van der Waals surface area contributed by atoms with Crippen molar-refractivity contribution in [3.63, 3.8) is 0 Å². The van der Waals surface area contributed by atoms with Crippen molar-refractivity contribution >= 4 is 0 Å². The normalized spacial score (nSPS) is 26.6. The first-order chi connectivity index (χ1) is 6.52. The molecular weight excluding hydrogens is 180 g/mol. The van der Waals surface area contributed by atoms with Crippen molar-refractivity contribution in [2.75, 3.05) is 13.2 Å². The third kappa shape index (κ3) is 1.85. The highest BCUT2D eigenvalue weighted by Crippen LogP contribution is 2.37. The molecule has 1 saturated heterocycles. The second-order valence-electron chi connectivity index (χ2n) is 4.60. The van der Waals surface area contributed by atoms with Crippen LogP contribution in [0.4, 0.5) is 0 Å². The highest BCUT2D eigenvalue weighted by Gasteiger charge is 2.39. The molecule has 3 heteroatoms. The molecule has 0 radical (unpaired) electrons. The monoisotopic (exact) mass is 198 g/mol. The Labute approximate surface area is 84.7 Å². The predicted molar refractivity (Wildman–Crippen MR) is 52.9 cm³/mol. The maximum absolute atomic E-state index is 9.82. The average Bonchev–Trinajstić information content (AvgIpc) is 2.53. The maximum Gasteiger partial charge on any atom is 0.172 e. The minimum Gasteiger partial charge on any atom is -0.386 e. The van der Waals surface area contributed by atoms with Crippen LogP contribution in [0.1, 0.15) is 33.1 Å². The predicted octanol–water partition coefficient (Wildman–Crippen LogP) is 1.61. The highest BCUT2D eigenvalue weighted by atomic mass is 16.7. The summed E-state index contributed by atoms with van der Waals surface area (Å²) in [5.41, 5.74) is 0.405. The van der Waals surface area contributed by atoms with Gasteiger partial charge in [-0.15, -0.1) is 0 Å². The van der Waals surface area contributed by atoms with Gasteiger partial charge in [-0.25, -0.2) is 0 Å². The standard InChI is InChI=1S/C11H18O3/c1-10(2,12)9-3-5-11(6-4-9)13-7-8-14-11/h3,12H,4-8H2,1-2H3. The average molecular weight is 198 g/mol. The molecule has 80 valence electrons. The Hall–Kier alpha value is -0.380. The largest absolute Gasteiger partial charge is 0.386 e. The molecule has 3 nitrogen and oxygen atoms in total. The fourth-order valence-corrected chi connectivity index (χ4v) is 2.12. The Morgan fingerprint density at radius 2 is 2.00 bits per heavy atom. The van der Waals surface area contributed by atoms with E-state index in [0.29, 0.717) is 13.2 Å². The molecule has 0 bridgehead atoms. The summed E-state index contributed by atoms with van der Waals surface area (Å²) in [7, 11) is 0. The minimum atomic E-state index is -0.694. The van der Waals surface area contributed by atoms with Crippen LogP contribution >= 0.6 is 0 Å². The SMILES string of the molecule is CC(C)(O)C1=CCC2(CC1)OCCO2. The third-order valence-corrected chi connectivity index (χ3v) is 3.03. The van der Waals surface area contributed by atoms with E-state index in [-0.39, 0.29) is 5.79 Å². The van der Waals surface area contributed by atoms with Gasteiger partial charge in [0.1, 0.15) is 0 Å².